The summed E-state index contributed by atoms with van der Waals surface area (Å²) >= 11 is 11.7. The number of benzene rings is 2. The highest BCUT2D eigenvalue weighted by molar-refractivity contribution is 6.31. The number of hydrogen-bond donors (Lipinski definition) is 0. The maximum atomic E-state index is 5.88. The van der Waals surface area contributed by atoms with Crippen LogP contribution in [0.2, 0.25) is 5.02 Å². The molecule has 0 nitrogen and oxygen atoms in total. The first-order chi connectivity index (χ1) is 6.31. The molecule has 2 aromatic rings. The molecular weight excluding hydrogens is 203 g/mol. The predicted octanol–water partition coefficient (Wildman–Crippen LogP) is 4.23. The molecule has 0 unspecified atom stereocenters. The number of rotatable bonds is 1. The van der Waals surface area contributed by atoms with E-state index in [-0.39, 0.29) is 0 Å². The van der Waals surface area contributed by atoms with Gasteiger partial charge in [0, 0.05) is 10.9 Å². The van der Waals surface area contributed by atoms with E-state index in [0.29, 0.717) is 5.88 Å². The molecule has 0 radical (unpaired) electrons. The van der Waals surface area contributed by atoms with Gasteiger partial charge in [-0.05, 0) is 28.5 Å². The zero-order chi connectivity index (χ0) is 9.26. The monoisotopic (exact) mass is 210 g/mol. The Balaban J connectivity index is 2.77. The van der Waals surface area contributed by atoms with Gasteiger partial charge in [-0.2, -0.15) is 0 Å². The fourth-order valence-electron chi connectivity index (χ4n) is 1.44. The van der Waals surface area contributed by atoms with Gasteiger partial charge in [-0.15, -0.1) is 11.6 Å². The second kappa shape index (κ2) is 3.57. The normalized spacial score (nSPS) is 10.6. The summed E-state index contributed by atoms with van der Waals surface area (Å²) in [6, 6.07) is 11.9. The van der Waals surface area contributed by atoms with Crippen molar-refractivity contribution in [3.63, 3.8) is 0 Å². The number of hydrogen-bond acceptors (Lipinski definition) is 0. The van der Waals surface area contributed by atoms with E-state index in [4.69, 9.17) is 23.2 Å². The topological polar surface area (TPSA) is 0 Å². The molecule has 66 valence electrons. The SMILES string of the molecule is ClCc1cccc2cc(Cl)ccc12. The van der Waals surface area contributed by atoms with Crippen LogP contribution in [0, 0.1) is 0 Å². The third-order valence-electron chi connectivity index (χ3n) is 2.08. The average Bonchev–Trinajstić information content (AvgIpc) is 2.16. The van der Waals surface area contributed by atoms with Gasteiger partial charge in [0.05, 0.1) is 0 Å². The Morgan fingerprint density at radius 2 is 1.92 bits per heavy atom. The van der Waals surface area contributed by atoms with E-state index in [1.165, 1.54) is 5.39 Å². The van der Waals surface area contributed by atoms with Gasteiger partial charge in [0.15, 0.2) is 0 Å². The molecule has 0 aromatic heterocycles. The molecule has 0 fully saturated rings. The van der Waals surface area contributed by atoms with Crippen molar-refractivity contribution in [1.29, 1.82) is 0 Å². The highest BCUT2D eigenvalue weighted by Gasteiger charge is 1.99. The fraction of sp³-hybridized carbons (Fsp3) is 0.0909. The van der Waals surface area contributed by atoms with Gasteiger partial charge in [-0.3, -0.25) is 0 Å². The van der Waals surface area contributed by atoms with Crippen LogP contribution in [0.4, 0.5) is 0 Å². The molecule has 0 atom stereocenters. The lowest BCUT2D eigenvalue weighted by Gasteiger charge is -2.02. The molecule has 0 aliphatic rings. The molecule has 2 aromatic carbocycles. The first-order valence-corrected chi connectivity index (χ1v) is 4.95. The lowest BCUT2D eigenvalue weighted by molar-refractivity contribution is 1.45. The van der Waals surface area contributed by atoms with Crippen LogP contribution in [0.15, 0.2) is 36.4 Å². The Morgan fingerprint density at radius 3 is 2.69 bits per heavy atom. The average molecular weight is 211 g/mol. The third-order valence-corrected chi connectivity index (χ3v) is 2.60. The predicted molar refractivity (Wildman–Crippen MR) is 58.5 cm³/mol. The zero-order valence-electron chi connectivity index (χ0n) is 6.93. The summed E-state index contributed by atoms with van der Waals surface area (Å²) in [5.41, 5.74) is 1.15. The first-order valence-electron chi connectivity index (χ1n) is 4.04. The van der Waals surface area contributed by atoms with E-state index >= 15 is 0 Å². The molecule has 0 aliphatic carbocycles. The zero-order valence-corrected chi connectivity index (χ0v) is 8.44. The minimum atomic E-state index is 0.541. The molecular formula is C11H8Cl2. The van der Waals surface area contributed by atoms with E-state index < -0.39 is 0 Å². The lowest BCUT2D eigenvalue weighted by Crippen LogP contribution is -1.80. The van der Waals surface area contributed by atoms with Crippen molar-refractivity contribution in [3.8, 4) is 0 Å². The smallest absolute Gasteiger partial charge is 0.0480 e. The maximum absolute atomic E-state index is 5.88. The van der Waals surface area contributed by atoms with Gasteiger partial charge in [-0.25, -0.2) is 0 Å². The Bertz CT molecular complexity index is 435. The van der Waals surface area contributed by atoms with Crippen LogP contribution in [0.25, 0.3) is 10.8 Å². The molecule has 0 amide bonds. The van der Waals surface area contributed by atoms with Crippen LogP contribution in [0.1, 0.15) is 5.56 Å². The van der Waals surface area contributed by atoms with Gasteiger partial charge in [0.2, 0.25) is 0 Å². The quantitative estimate of drug-likeness (QED) is 0.619. The second-order valence-electron chi connectivity index (χ2n) is 2.92. The molecule has 0 saturated heterocycles. The largest absolute Gasteiger partial charge is 0.122 e. The summed E-state index contributed by atoms with van der Waals surface area (Å²) in [6.07, 6.45) is 0. The first kappa shape index (κ1) is 8.86. The van der Waals surface area contributed by atoms with Crippen LogP contribution >= 0.6 is 23.2 Å². The highest BCUT2D eigenvalue weighted by Crippen LogP contribution is 2.23. The van der Waals surface area contributed by atoms with Gasteiger partial charge in [-0.1, -0.05) is 35.9 Å². The van der Waals surface area contributed by atoms with Crippen LogP contribution in [-0.2, 0) is 5.88 Å². The molecule has 0 aliphatic heterocycles. The molecule has 2 heteroatoms. The van der Waals surface area contributed by atoms with Crippen molar-refractivity contribution >= 4 is 34.0 Å². The fourth-order valence-corrected chi connectivity index (χ4v) is 1.85. The van der Waals surface area contributed by atoms with E-state index in [9.17, 15) is 0 Å². The molecule has 0 heterocycles. The maximum Gasteiger partial charge on any atom is 0.0480 e. The Morgan fingerprint density at radius 1 is 1.08 bits per heavy atom. The second-order valence-corrected chi connectivity index (χ2v) is 3.62. The third kappa shape index (κ3) is 1.65. The van der Waals surface area contributed by atoms with Crippen LogP contribution in [0.5, 0.6) is 0 Å². The van der Waals surface area contributed by atoms with E-state index in [1.807, 2.05) is 36.4 Å². The van der Waals surface area contributed by atoms with Crippen molar-refractivity contribution in [2.24, 2.45) is 0 Å². The Hall–Kier alpha value is -0.720. The Labute approximate surface area is 87.1 Å². The summed E-state index contributed by atoms with van der Waals surface area (Å²) in [5, 5.41) is 3.09. The number of halogens is 2. The van der Waals surface area contributed by atoms with Crippen molar-refractivity contribution < 1.29 is 0 Å². The van der Waals surface area contributed by atoms with Gasteiger partial charge < -0.3 is 0 Å². The summed E-state index contributed by atoms with van der Waals surface area (Å²) in [4.78, 5) is 0. The lowest BCUT2D eigenvalue weighted by atomic mass is 10.1. The van der Waals surface area contributed by atoms with Crippen molar-refractivity contribution in [3.05, 3.63) is 47.0 Å². The van der Waals surface area contributed by atoms with Crippen molar-refractivity contribution in [2.75, 3.05) is 0 Å². The van der Waals surface area contributed by atoms with Crippen LogP contribution < -0.4 is 0 Å². The standard InChI is InChI=1S/C11H8Cl2/c12-7-9-3-1-2-8-6-10(13)4-5-11(8)9/h1-6H,7H2. The molecule has 13 heavy (non-hydrogen) atoms. The minimum absolute atomic E-state index is 0.541. The van der Waals surface area contributed by atoms with Gasteiger partial charge in [0.1, 0.15) is 0 Å². The molecule has 0 saturated carbocycles. The van der Waals surface area contributed by atoms with E-state index in [0.717, 1.165) is 16.0 Å². The van der Waals surface area contributed by atoms with Crippen LogP contribution in [0.3, 0.4) is 0 Å². The Kier molecular flexibility index (Phi) is 2.43. The van der Waals surface area contributed by atoms with Crippen molar-refractivity contribution in [2.45, 2.75) is 5.88 Å². The van der Waals surface area contributed by atoms with Gasteiger partial charge in [0.25, 0.3) is 0 Å². The summed E-state index contributed by atoms with van der Waals surface area (Å²) in [6.45, 7) is 0. The number of fused-ring (bicyclic) bond motifs is 1. The van der Waals surface area contributed by atoms with Crippen molar-refractivity contribution in [1.82, 2.24) is 0 Å². The van der Waals surface area contributed by atoms with Gasteiger partial charge >= 0.3 is 0 Å². The molecule has 0 spiro atoms. The summed E-state index contributed by atoms with van der Waals surface area (Å²) < 4.78 is 0. The van der Waals surface area contributed by atoms with E-state index in [1.54, 1.807) is 0 Å². The molecule has 0 N–H and O–H groups in total. The summed E-state index contributed by atoms with van der Waals surface area (Å²) in [7, 11) is 0. The number of alkyl halides is 1. The van der Waals surface area contributed by atoms with Crippen LogP contribution in [-0.4, -0.2) is 0 Å². The highest BCUT2D eigenvalue weighted by atomic mass is 35.5. The molecule has 0 bridgehead atoms. The minimum Gasteiger partial charge on any atom is -0.122 e. The molecule has 2 rings (SSSR count). The van der Waals surface area contributed by atoms with E-state index in [2.05, 4.69) is 0 Å². The summed E-state index contributed by atoms with van der Waals surface area (Å²) in [5.74, 6) is 0.541.